The molecule has 0 unspecified atom stereocenters. The fourth-order valence-electron chi connectivity index (χ4n) is 2.70. The van der Waals surface area contributed by atoms with E-state index in [1.807, 2.05) is 24.3 Å². The van der Waals surface area contributed by atoms with Crippen LogP contribution in [0, 0.1) is 10.1 Å². The summed E-state index contributed by atoms with van der Waals surface area (Å²) in [4.78, 5) is 10.6. The van der Waals surface area contributed by atoms with Crippen molar-refractivity contribution in [1.29, 1.82) is 0 Å². The molecule has 3 rings (SSSR count). The number of nitrogens with zero attached hydrogens (tertiary/aromatic N) is 2. The Morgan fingerprint density at radius 1 is 1.06 bits per heavy atom. The van der Waals surface area contributed by atoms with Crippen molar-refractivity contribution in [2.24, 2.45) is 5.10 Å². The maximum atomic E-state index is 12.7. The van der Waals surface area contributed by atoms with E-state index in [2.05, 4.69) is 31.2 Å². The van der Waals surface area contributed by atoms with Crippen LogP contribution in [0.3, 0.4) is 0 Å². The Kier molecular flexibility index (Phi) is 7.11. The molecule has 0 saturated carbocycles. The summed E-state index contributed by atoms with van der Waals surface area (Å²) in [6, 6.07) is 17.2. The minimum Gasteiger partial charge on any atom is -0.497 e. The molecule has 3 aromatic rings. The lowest BCUT2D eigenvalue weighted by Gasteiger charge is -2.10. The molecule has 3 aromatic carbocycles. The first-order chi connectivity index (χ1) is 15.2. The number of hydrazone groups is 1. The highest BCUT2D eigenvalue weighted by Gasteiger charge is 2.21. The number of hydrogen-bond donors (Lipinski definition) is 2. The SMILES string of the molecule is COc1ccc(NS(=O)(=O)c2ccc(NN=C(C)c3ccc(Br)cc3)c([N+](=O)[O-])c2)cc1. The van der Waals surface area contributed by atoms with Crippen LogP contribution in [0.25, 0.3) is 0 Å². The number of rotatable bonds is 8. The van der Waals surface area contributed by atoms with Crippen molar-refractivity contribution in [2.45, 2.75) is 11.8 Å². The second kappa shape index (κ2) is 9.79. The monoisotopic (exact) mass is 518 g/mol. The van der Waals surface area contributed by atoms with Crippen LogP contribution in [0.5, 0.6) is 5.75 Å². The zero-order chi connectivity index (χ0) is 23.3. The minimum atomic E-state index is -4.05. The molecule has 0 bridgehead atoms. The summed E-state index contributed by atoms with van der Waals surface area (Å²) in [7, 11) is -2.55. The van der Waals surface area contributed by atoms with Crippen LogP contribution >= 0.6 is 15.9 Å². The molecular weight excluding hydrogens is 500 g/mol. The molecular formula is C21H19BrN4O5S. The number of nitrogens with one attached hydrogen (secondary N) is 2. The van der Waals surface area contributed by atoms with E-state index in [9.17, 15) is 18.5 Å². The summed E-state index contributed by atoms with van der Waals surface area (Å²) in [5.41, 5.74) is 4.02. The molecule has 0 saturated heterocycles. The molecule has 32 heavy (non-hydrogen) atoms. The van der Waals surface area contributed by atoms with Crippen molar-refractivity contribution >= 4 is 48.7 Å². The van der Waals surface area contributed by atoms with E-state index in [1.54, 1.807) is 19.1 Å². The van der Waals surface area contributed by atoms with Crippen molar-refractivity contribution in [1.82, 2.24) is 0 Å². The predicted octanol–water partition coefficient (Wildman–Crippen LogP) is 5.00. The molecule has 0 radical (unpaired) electrons. The average molecular weight is 519 g/mol. The van der Waals surface area contributed by atoms with Gasteiger partial charge in [-0.25, -0.2) is 8.42 Å². The Labute approximate surface area is 193 Å². The van der Waals surface area contributed by atoms with Crippen LogP contribution in [0.15, 0.2) is 81.2 Å². The van der Waals surface area contributed by atoms with Gasteiger partial charge in [-0.15, -0.1) is 0 Å². The van der Waals surface area contributed by atoms with Gasteiger partial charge in [0.15, 0.2) is 0 Å². The molecule has 0 spiro atoms. The van der Waals surface area contributed by atoms with Crippen molar-refractivity contribution in [3.8, 4) is 5.75 Å². The lowest BCUT2D eigenvalue weighted by molar-refractivity contribution is -0.384. The van der Waals surface area contributed by atoms with Crippen LogP contribution in [-0.4, -0.2) is 26.2 Å². The fraction of sp³-hybridized carbons (Fsp3) is 0.0952. The van der Waals surface area contributed by atoms with E-state index >= 15 is 0 Å². The second-order valence-electron chi connectivity index (χ2n) is 6.59. The molecule has 9 nitrogen and oxygen atoms in total. The molecule has 0 fully saturated rings. The Morgan fingerprint density at radius 2 is 1.72 bits per heavy atom. The number of sulfonamides is 1. The Morgan fingerprint density at radius 3 is 2.31 bits per heavy atom. The maximum absolute atomic E-state index is 12.7. The summed E-state index contributed by atoms with van der Waals surface area (Å²) in [5.74, 6) is 0.568. The molecule has 0 aliphatic heterocycles. The highest BCUT2D eigenvalue weighted by molar-refractivity contribution is 9.10. The van der Waals surface area contributed by atoms with Gasteiger partial charge >= 0.3 is 0 Å². The minimum absolute atomic E-state index is 0.0647. The number of nitro groups is 1. The van der Waals surface area contributed by atoms with Crippen molar-refractivity contribution in [2.75, 3.05) is 17.3 Å². The fourth-order valence-corrected chi connectivity index (χ4v) is 4.04. The quantitative estimate of drug-likeness (QED) is 0.245. The van der Waals surface area contributed by atoms with Gasteiger partial charge in [0, 0.05) is 16.2 Å². The Bertz CT molecular complexity index is 1260. The van der Waals surface area contributed by atoms with Crippen molar-refractivity contribution in [3.63, 3.8) is 0 Å². The van der Waals surface area contributed by atoms with E-state index in [4.69, 9.17) is 4.74 Å². The largest absolute Gasteiger partial charge is 0.497 e. The summed E-state index contributed by atoms with van der Waals surface area (Å²) in [6.07, 6.45) is 0. The highest BCUT2D eigenvalue weighted by atomic mass is 79.9. The number of halogens is 1. The molecule has 0 atom stereocenters. The Hall–Kier alpha value is -3.44. The number of ether oxygens (including phenoxy) is 1. The summed E-state index contributed by atoms with van der Waals surface area (Å²) < 4.78 is 33.8. The summed E-state index contributed by atoms with van der Waals surface area (Å²) >= 11 is 3.36. The molecule has 0 heterocycles. The first kappa shape index (κ1) is 23.2. The van der Waals surface area contributed by atoms with Gasteiger partial charge in [-0.1, -0.05) is 28.1 Å². The van der Waals surface area contributed by atoms with Crippen LogP contribution < -0.4 is 14.9 Å². The number of anilines is 2. The molecule has 0 aliphatic carbocycles. The van der Waals surface area contributed by atoms with Crippen molar-refractivity contribution < 1.29 is 18.1 Å². The van der Waals surface area contributed by atoms with Crippen LogP contribution in [0.4, 0.5) is 17.1 Å². The van der Waals surface area contributed by atoms with Crippen LogP contribution in [0.1, 0.15) is 12.5 Å². The van der Waals surface area contributed by atoms with Gasteiger partial charge in [0.05, 0.1) is 22.6 Å². The Balaban J connectivity index is 1.85. The highest BCUT2D eigenvalue weighted by Crippen LogP contribution is 2.29. The van der Waals surface area contributed by atoms with Gasteiger partial charge in [-0.2, -0.15) is 5.10 Å². The van der Waals surface area contributed by atoms with Crippen LogP contribution in [-0.2, 0) is 10.0 Å². The predicted molar refractivity (Wildman–Crippen MR) is 127 cm³/mol. The lowest BCUT2D eigenvalue weighted by atomic mass is 10.1. The van der Waals surface area contributed by atoms with Crippen LogP contribution in [0.2, 0.25) is 0 Å². The standard InChI is InChI=1S/C21H19BrN4O5S/c1-14(15-3-5-16(22)6-4-15)23-24-20-12-11-19(13-21(20)26(27)28)32(29,30)25-17-7-9-18(31-2)10-8-17/h3-13,24-25H,1-2H3. The molecule has 11 heteroatoms. The zero-order valence-electron chi connectivity index (χ0n) is 17.1. The molecule has 0 aromatic heterocycles. The van der Waals surface area contributed by atoms with Gasteiger partial charge in [0.1, 0.15) is 11.4 Å². The lowest BCUT2D eigenvalue weighted by Crippen LogP contribution is -2.13. The normalized spacial score (nSPS) is 11.7. The van der Waals surface area contributed by atoms with Gasteiger partial charge < -0.3 is 4.74 Å². The number of benzene rings is 3. The third kappa shape index (κ3) is 5.62. The molecule has 0 amide bonds. The van der Waals surface area contributed by atoms with E-state index in [0.29, 0.717) is 17.1 Å². The molecule has 0 aliphatic rings. The second-order valence-corrected chi connectivity index (χ2v) is 9.18. The maximum Gasteiger partial charge on any atom is 0.295 e. The topological polar surface area (TPSA) is 123 Å². The molecule has 2 N–H and O–H groups in total. The zero-order valence-corrected chi connectivity index (χ0v) is 19.5. The van der Waals surface area contributed by atoms with Gasteiger partial charge in [-0.05, 0) is 61.0 Å². The van der Waals surface area contributed by atoms with E-state index < -0.39 is 20.6 Å². The number of nitro benzene ring substituents is 1. The first-order valence-electron chi connectivity index (χ1n) is 9.21. The average Bonchev–Trinajstić information content (AvgIpc) is 2.78. The van der Waals surface area contributed by atoms with E-state index in [-0.39, 0.29) is 10.6 Å². The third-order valence-electron chi connectivity index (χ3n) is 4.42. The van der Waals surface area contributed by atoms with Crippen molar-refractivity contribution in [3.05, 3.63) is 86.9 Å². The summed E-state index contributed by atoms with van der Waals surface area (Å²) in [5, 5.41) is 15.7. The van der Waals surface area contributed by atoms with Gasteiger partial charge in [-0.3, -0.25) is 20.3 Å². The molecule has 166 valence electrons. The van der Waals surface area contributed by atoms with E-state index in [0.717, 1.165) is 16.1 Å². The van der Waals surface area contributed by atoms with Gasteiger partial charge in [0.2, 0.25) is 0 Å². The first-order valence-corrected chi connectivity index (χ1v) is 11.5. The number of methoxy groups -OCH3 is 1. The smallest absolute Gasteiger partial charge is 0.295 e. The van der Waals surface area contributed by atoms with Gasteiger partial charge in [0.25, 0.3) is 15.7 Å². The summed E-state index contributed by atoms with van der Waals surface area (Å²) in [6.45, 7) is 1.75. The third-order valence-corrected chi connectivity index (χ3v) is 6.33. The number of hydrogen-bond acceptors (Lipinski definition) is 7. The van der Waals surface area contributed by atoms with E-state index in [1.165, 1.54) is 31.4 Å².